The highest BCUT2D eigenvalue weighted by Gasteiger charge is 2.38. The number of halogens is 3. The molecular formula is C32H33F3N4O7. The van der Waals surface area contributed by atoms with Crippen LogP contribution in [0, 0.1) is 0 Å². The van der Waals surface area contributed by atoms with E-state index in [1.807, 2.05) is 39.0 Å². The third kappa shape index (κ3) is 9.30. The molecule has 0 atom stereocenters. The molecule has 0 unspecified atom stereocenters. The van der Waals surface area contributed by atoms with Crippen LogP contribution in [0.2, 0.25) is 0 Å². The zero-order chi connectivity index (χ0) is 34.2. The molecule has 244 valence electrons. The topological polar surface area (TPSA) is 169 Å². The number of carbonyl (C=O) groups is 4. The summed E-state index contributed by atoms with van der Waals surface area (Å²) in [6.07, 6.45) is -5.08. The fraction of sp³-hybridized carbons (Fsp3) is 0.281. The molecular weight excluding hydrogens is 609 g/mol. The van der Waals surface area contributed by atoms with Gasteiger partial charge in [0.25, 0.3) is 11.8 Å². The van der Waals surface area contributed by atoms with Crippen molar-refractivity contribution >= 4 is 41.0 Å². The molecule has 3 aromatic rings. The number of fused-ring (bicyclic) bond motifs is 1. The van der Waals surface area contributed by atoms with E-state index >= 15 is 0 Å². The highest BCUT2D eigenvalue weighted by molar-refractivity contribution is 6.11. The number of carbonyl (C=O) groups excluding carboxylic acids is 3. The van der Waals surface area contributed by atoms with Gasteiger partial charge in [0.1, 0.15) is 11.6 Å². The quantitative estimate of drug-likeness (QED) is 0.241. The van der Waals surface area contributed by atoms with E-state index < -0.39 is 18.1 Å². The lowest BCUT2D eigenvalue weighted by molar-refractivity contribution is -0.192. The fourth-order valence-corrected chi connectivity index (χ4v) is 4.24. The Kier molecular flexibility index (Phi) is 11.1. The number of benzene rings is 3. The van der Waals surface area contributed by atoms with Gasteiger partial charge in [-0.15, -0.1) is 0 Å². The van der Waals surface area contributed by atoms with Crippen molar-refractivity contribution in [2.45, 2.75) is 45.8 Å². The van der Waals surface area contributed by atoms with Crippen LogP contribution in [0.25, 0.3) is 0 Å². The van der Waals surface area contributed by atoms with Crippen molar-refractivity contribution in [2.75, 3.05) is 23.8 Å². The van der Waals surface area contributed by atoms with Crippen molar-refractivity contribution < 1.29 is 46.9 Å². The van der Waals surface area contributed by atoms with Crippen molar-refractivity contribution in [3.63, 3.8) is 0 Å². The van der Waals surface area contributed by atoms with Crippen LogP contribution in [-0.2, 0) is 26.3 Å². The van der Waals surface area contributed by atoms with Crippen molar-refractivity contribution in [3.05, 3.63) is 88.5 Å². The van der Waals surface area contributed by atoms with Gasteiger partial charge in [0.2, 0.25) is 0 Å². The van der Waals surface area contributed by atoms with Crippen LogP contribution in [0.3, 0.4) is 0 Å². The number of nitrogens with zero attached hydrogens (tertiary/aromatic N) is 1. The zero-order valence-corrected chi connectivity index (χ0v) is 25.4. The molecule has 46 heavy (non-hydrogen) atoms. The number of aliphatic imine (C=N–C) groups is 1. The molecule has 0 spiro atoms. The number of hydrogen-bond donors (Lipinski definition) is 4. The molecule has 4 rings (SSSR count). The summed E-state index contributed by atoms with van der Waals surface area (Å²) in [4.78, 5) is 51.5. The second-order valence-electron chi connectivity index (χ2n) is 10.9. The second-order valence-corrected chi connectivity index (χ2v) is 10.9. The van der Waals surface area contributed by atoms with Crippen molar-refractivity contribution in [3.8, 4) is 5.75 Å². The number of amidine groups is 1. The lowest BCUT2D eigenvalue weighted by atomic mass is 9.83. The third-order valence-corrected chi connectivity index (χ3v) is 6.44. The van der Waals surface area contributed by atoms with E-state index in [9.17, 15) is 27.6 Å². The molecule has 1 heterocycles. The number of hydrogen-bond acceptors (Lipinski definition) is 8. The van der Waals surface area contributed by atoms with Crippen LogP contribution >= 0.6 is 0 Å². The number of amides is 2. The minimum atomic E-state index is -5.08. The SMILES string of the molecule is CCOC(=O)COc1ccc(NC(=O)c2ccc3c(c2)C(N)=NC3)c(NC(=O)c2ccccc2C(C)(C)C)c1.O=C(O)C(F)(F)F. The highest BCUT2D eigenvalue weighted by atomic mass is 19.4. The first-order valence-corrected chi connectivity index (χ1v) is 13.9. The molecule has 0 aliphatic carbocycles. The molecule has 1 aliphatic rings. The van der Waals surface area contributed by atoms with E-state index in [4.69, 9.17) is 25.1 Å². The Balaban J connectivity index is 0.000000738. The first-order chi connectivity index (χ1) is 21.5. The molecule has 0 fully saturated rings. The Morgan fingerprint density at radius 3 is 2.22 bits per heavy atom. The number of carboxylic acid groups (broad SMARTS) is 1. The smallest absolute Gasteiger partial charge is 0.482 e. The molecule has 3 aromatic carbocycles. The Morgan fingerprint density at radius 1 is 0.935 bits per heavy atom. The molecule has 0 saturated carbocycles. The summed E-state index contributed by atoms with van der Waals surface area (Å²) in [5, 5.41) is 12.9. The van der Waals surface area contributed by atoms with Gasteiger partial charge >= 0.3 is 18.1 Å². The number of nitrogens with one attached hydrogen (secondary N) is 2. The van der Waals surface area contributed by atoms with Crippen LogP contribution < -0.4 is 21.1 Å². The summed E-state index contributed by atoms with van der Waals surface area (Å²) >= 11 is 0. The molecule has 0 saturated heterocycles. The molecule has 14 heteroatoms. The monoisotopic (exact) mass is 642 g/mol. The Bertz CT molecular complexity index is 1660. The standard InChI is InChI=1S/C30H32N4O5.C2HF3O2/c1-5-38-26(35)17-39-20-12-13-24(33-28(36)18-10-11-19-16-32-27(31)22(19)14-18)25(15-20)34-29(37)21-8-6-7-9-23(21)30(2,3)4;3-2(4,5)1(6)7/h6-15H,5,16-17H2,1-4H3,(H2,31,32)(H,33,36)(H,34,37);(H,6,7). The maximum Gasteiger partial charge on any atom is 0.490 e. The van der Waals surface area contributed by atoms with Gasteiger partial charge in [0, 0.05) is 22.8 Å². The Hall–Kier alpha value is -5.40. The number of esters is 1. The summed E-state index contributed by atoms with van der Waals surface area (Å²) < 4.78 is 42.2. The summed E-state index contributed by atoms with van der Waals surface area (Å²) in [6, 6.07) is 17.3. The number of carboxylic acids is 1. The largest absolute Gasteiger partial charge is 0.490 e. The first-order valence-electron chi connectivity index (χ1n) is 13.9. The Morgan fingerprint density at radius 2 is 1.59 bits per heavy atom. The van der Waals surface area contributed by atoms with E-state index in [-0.39, 0.29) is 30.4 Å². The number of nitrogens with two attached hydrogens (primary N) is 1. The normalized spacial score (nSPS) is 12.1. The maximum absolute atomic E-state index is 13.5. The minimum Gasteiger partial charge on any atom is -0.482 e. The van der Waals surface area contributed by atoms with Crippen molar-refractivity contribution in [1.82, 2.24) is 0 Å². The number of alkyl halides is 3. The van der Waals surface area contributed by atoms with Crippen LogP contribution in [0.1, 0.15) is 65.1 Å². The van der Waals surface area contributed by atoms with Gasteiger partial charge in [0.05, 0.1) is 24.5 Å². The molecule has 0 bridgehead atoms. The number of aliphatic carboxylic acids is 1. The van der Waals surface area contributed by atoms with E-state index in [1.54, 1.807) is 49.4 Å². The minimum absolute atomic E-state index is 0.238. The lowest BCUT2D eigenvalue weighted by Gasteiger charge is -2.23. The van der Waals surface area contributed by atoms with Gasteiger partial charge in [-0.25, -0.2) is 9.59 Å². The van der Waals surface area contributed by atoms with Gasteiger partial charge in [-0.3, -0.25) is 14.6 Å². The lowest BCUT2D eigenvalue weighted by Crippen LogP contribution is -2.22. The third-order valence-electron chi connectivity index (χ3n) is 6.44. The van der Waals surface area contributed by atoms with Crippen LogP contribution in [-0.4, -0.2) is 54.1 Å². The van der Waals surface area contributed by atoms with Gasteiger partial charge < -0.3 is 30.9 Å². The van der Waals surface area contributed by atoms with Crippen molar-refractivity contribution in [1.29, 1.82) is 0 Å². The average Bonchev–Trinajstić information content (AvgIpc) is 3.36. The summed E-state index contributed by atoms with van der Waals surface area (Å²) in [7, 11) is 0. The molecule has 2 amide bonds. The van der Waals surface area contributed by atoms with E-state index in [1.165, 1.54) is 0 Å². The second kappa shape index (κ2) is 14.6. The molecule has 1 aliphatic heterocycles. The van der Waals surface area contributed by atoms with Gasteiger partial charge in [-0.2, -0.15) is 13.2 Å². The van der Waals surface area contributed by atoms with E-state index in [0.29, 0.717) is 40.6 Å². The first kappa shape index (κ1) is 35.1. The van der Waals surface area contributed by atoms with Crippen LogP contribution in [0.15, 0.2) is 65.7 Å². The average molecular weight is 643 g/mol. The molecule has 11 nitrogen and oxygen atoms in total. The predicted octanol–water partition coefficient (Wildman–Crippen LogP) is 5.28. The van der Waals surface area contributed by atoms with Crippen LogP contribution in [0.4, 0.5) is 24.5 Å². The summed E-state index contributed by atoms with van der Waals surface area (Å²) in [5.41, 5.74) is 9.81. The number of anilines is 2. The van der Waals surface area contributed by atoms with E-state index in [2.05, 4.69) is 15.6 Å². The number of ether oxygens (including phenoxy) is 2. The molecule has 0 aromatic heterocycles. The summed E-state index contributed by atoms with van der Waals surface area (Å²) in [5.74, 6) is -3.29. The highest BCUT2D eigenvalue weighted by Crippen LogP contribution is 2.31. The van der Waals surface area contributed by atoms with Crippen LogP contribution in [0.5, 0.6) is 5.75 Å². The maximum atomic E-state index is 13.5. The van der Waals surface area contributed by atoms with E-state index in [0.717, 1.165) is 16.7 Å². The van der Waals surface area contributed by atoms with Gasteiger partial charge in [-0.1, -0.05) is 45.0 Å². The molecule has 5 N–H and O–H groups in total. The van der Waals surface area contributed by atoms with Gasteiger partial charge in [0.15, 0.2) is 6.61 Å². The summed E-state index contributed by atoms with van der Waals surface area (Å²) in [6.45, 7) is 8.23. The van der Waals surface area contributed by atoms with Crippen molar-refractivity contribution in [2.24, 2.45) is 10.7 Å². The number of rotatable bonds is 8. The van der Waals surface area contributed by atoms with Gasteiger partial charge in [-0.05, 0) is 53.8 Å². The Labute approximate surface area is 262 Å². The predicted molar refractivity (Wildman–Crippen MR) is 164 cm³/mol. The zero-order valence-electron chi connectivity index (χ0n) is 25.4. The fourth-order valence-electron chi connectivity index (χ4n) is 4.24. The molecule has 0 radical (unpaired) electrons.